The molecule has 0 radical (unpaired) electrons. The minimum atomic E-state index is -1.55. The molecule has 2 aliphatic heterocycles. The summed E-state index contributed by atoms with van der Waals surface area (Å²) in [5, 5.41) is 0. The first-order chi connectivity index (χ1) is 12.0. The van der Waals surface area contributed by atoms with Crippen LogP contribution >= 0.6 is 0 Å². The third kappa shape index (κ3) is 2.91. The monoisotopic (exact) mass is 341 g/mol. The number of carbonyl (C=O) groups excluding carboxylic acids is 3. The molecule has 2 aliphatic rings. The van der Waals surface area contributed by atoms with Crippen molar-refractivity contribution in [2.45, 2.75) is 5.91 Å². The van der Waals surface area contributed by atoms with Crippen molar-refractivity contribution >= 4 is 17.7 Å². The zero-order valence-corrected chi connectivity index (χ0v) is 13.6. The van der Waals surface area contributed by atoms with Gasteiger partial charge in [-0.05, 0) is 12.2 Å². The van der Waals surface area contributed by atoms with Gasteiger partial charge in [0.2, 0.25) is 0 Å². The molecular weight excluding hydrogens is 326 g/mol. The second kappa shape index (κ2) is 6.27. The number of rotatable bonds is 4. The molecule has 7 nitrogen and oxygen atoms in total. The Morgan fingerprint density at radius 3 is 2.52 bits per heavy atom. The number of likely N-dealkylation sites (N-methyl/N-ethyl adjacent to an activating group) is 1. The molecule has 0 aliphatic carbocycles. The maximum Gasteiger partial charge on any atom is 0.377 e. The maximum absolute atomic E-state index is 12.2. The molecule has 0 fully saturated rings. The largest absolute Gasteiger partial charge is 0.463 e. The minimum absolute atomic E-state index is 0.00216. The average molecular weight is 341 g/mol. The fourth-order valence-electron chi connectivity index (χ4n) is 2.37. The molecule has 128 valence electrons. The smallest absolute Gasteiger partial charge is 0.377 e. The summed E-state index contributed by atoms with van der Waals surface area (Å²) in [6, 6.07) is 8.63. The topological polar surface area (TPSA) is 82.1 Å². The highest BCUT2D eigenvalue weighted by Gasteiger charge is 2.51. The summed E-state index contributed by atoms with van der Waals surface area (Å²) in [6.07, 6.45) is 5.24. The van der Waals surface area contributed by atoms with Crippen LogP contribution in [-0.4, -0.2) is 42.6 Å². The van der Waals surface area contributed by atoms with Crippen LogP contribution < -0.4 is 0 Å². The Balaban J connectivity index is 1.87. The van der Waals surface area contributed by atoms with Crippen molar-refractivity contribution in [2.24, 2.45) is 0 Å². The predicted molar refractivity (Wildman–Crippen MR) is 85.8 cm³/mol. The lowest BCUT2D eigenvalue weighted by Gasteiger charge is -2.29. The number of benzene rings is 1. The number of ether oxygens (including phenoxy) is 3. The molecule has 1 aromatic rings. The highest BCUT2D eigenvalue weighted by Crippen LogP contribution is 2.38. The molecule has 3 rings (SSSR count). The third-order valence-electron chi connectivity index (χ3n) is 3.78. The van der Waals surface area contributed by atoms with Crippen LogP contribution in [0.2, 0.25) is 0 Å². The van der Waals surface area contributed by atoms with Gasteiger partial charge >= 0.3 is 11.9 Å². The van der Waals surface area contributed by atoms with E-state index in [1.165, 1.54) is 43.4 Å². The standard InChI is InChI=1S/C18H15NO6/c1-19-15(21)10-11-18(19)24-14(16(25-18)17(22)23-2)9-8-13(20)12-6-4-3-5-7-12/h3-11H,1-2H3/b9-8+. The van der Waals surface area contributed by atoms with E-state index in [1.807, 2.05) is 0 Å². The zero-order chi connectivity index (χ0) is 18.0. The second-order valence-electron chi connectivity index (χ2n) is 5.31. The van der Waals surface area contributed by atoms with Crippen LogP contribution in [0.25, 0.3) is 0 Å². The SMILES string of the molecule is COC(=O)C1=C(/C=C/C(=O)c2ccccc2)OC2(C=CC(=O)N2C)O1. The molecular formula is C18H15NO6. The Morgan fingerprint density at radius 1 is 1.20 bits per heavy atom. The second-order valence-corrected chi connectivity index (χ2v) is 5.31. The third-order valence-corrected chi connectivity index (χ3v) is 3.78. The summed E-state index contributed by atoms with van der Waals surface area (Å²) < 4.78 is 15.9. The lowest BCUT2D eigenvalue weighted by Crippen LogP contribution is -2.45. The van der Waals surface area contributed by atoms with E-state index in [9.17, 15) is 14.4 Å². The lowest BCUT2D eigenvalue weighted by molar-refractivity contribution is -0.205. The molecule has 7 heteroatoms. The van der Waals surface area contributed by atoms with E-state index in [0.717, 1.165) is 0 Å². The maximum atomic E-state index is 12.2. The molecule has 0 saturated heterocycles. The van der Waals surface area contributed by atoms with Gasteiger partial charge in [-0.2, -0.15) is 0 Å². The summed E-state index contributed by atoms with van der Waals surface area (Å²) in [5.74, 6) is -3.14. The Labute approximate surface area is 143 Å². The first kappa shape index (κ1) is 16.5. The van der Waals surface area contributed by atoms with Gasteiger partial charge in [0.15, 0.2) is 11.5 Å². The number of hydrogen-bond acceptors (Lipinski definition) is 6. The Bertz CT molecular complexity index is 823. The predicted octanol–water partition coefficient (Wildman–Crippen LogP) is 1.54. The molecule has 1 unspecified atom stereocenters. The molecule has 0 saturated carbocycles. The van der Waals surface area contributed by atoms with Gasteiger partial charge in [0.05, 0.1) is 7.11 Å². The van der Waals surface area contributed by atoms with Gasteiger partial charge in [0.1, 0.15) is 0 Å². The van der Waals surface area contributed by atoms with Crippen molar-refractivity contribution in [3.63, 3.8) is 0 Å². The summed E-state index contributed by atoms with van der Waals surface area (Å²) in [5.41, 5.74) is 0.487. The number of nitrogens with zero attached hydrogens (tertiary/aromatic N) is 1. The summed E-state index contributed by atoms with van der Waals surface area (Å²) >= 11 is 0. The van der Waals surface area contributed by atoms with Gasteiger partial charge < -0.3 is 14.2 Å². The van der Waals surface area contributed by atoms with E-state index < -0.39 is 11.9 Å². The Kier molecular flexibility index (Phi) is 4.14. The molecule has 0 N–H and O–H groups in total. The number of carbonyl (C=O) groups is 3. The normalized spacial score (nSPS) is 21.8. The molecule has 2 heterocycles. The molecule has 1 atom stereocenters. The van der Waals surface area contributed by atoms with Gasteiger partial charge in [0, 0.05) is 24.8 Å². The average Bonchev–Trinajstić information content (AvgIpc) is 3.15. The molecule has 1 spiro atoms. The first-order valence-corrected chi connectivity index (χ1v) is 7.42. The molecule has 25 heavy (non-hydrogen) atoms. The molecule has 1 amide bonds. The van der Waals surface area contributed by atoms with Gasteiger partial charge in [-0.3, -0.25) is 14.5 Å². The highest BCUT2D eigenvalue weighted by molar-refractivity contribution is 6.04. The van der Waals surface area contributed by atoms with Crippen LogP contribution in [0.1, 0.15) is 10.4 Å². The van der Waals surface area contributed by atoms with Gasteiger partial charge in [-0.1, -0.05) is 30.3 Å². The quantitative estimate of drug-likeness (QED) is 0.469. The van der Waals surface area contributed by atoms with Gasteiger partial charge in [0.25, 0.3) is 11.7 Å². The molecule has 0 aromatic heterocycles. The number of ketones is 1. The first-order valence-electron chi connectivity index (χ1n) is 7.42. The van der Waals surface area contributed by atoms with Crippen molar-refractivity contribution in [3.8, 4) is 0 Å². The molecule has 1 aromatic carbocycles. The van der Waals surface area contributed by atoms with Crippen LogP contribution in [0.15, 0.2) is 66.2 Å². The number of methoxy groups -OCH3 is 1. The summed E-state index contributed by atoms with van der Waals surface area (Å²) in [4.78, 5) is 37.0. The van der Waals surface area contributed by atoms with E-state index in [-0.39, 0.29) is 23.2 Å². The van der Waals surface area contributed by atoms with Crippen LogP contribution in [0, 0.1) is 0 Å². The Hall–Kier alpha value is -3.35. The van der Waals surface area contributed by atoms with Crippen LogP contribution in [0.5, 0.6) is 0 Å². The fourth-order valence-corrected chi connectivity index (χ4v) is 2.37. The number of amides is 1. The molecule has 0 bridgehead atoms. The zero-order valence-electron chi connectivity index (χ0n) is 13.6. The summed E-state index contributed by atoms with van der Waals surface area (Å²) in [6.45, 7) is 0. The van der Waals surface area contributed by atoms with Crippen molar-refractivity contribution in [1.82, 2.24) is 4.90 Å². The highest BCUT2D eigenvalue weighted by atomic mass is 16.8. The van der Waals surface area contributed by atoms with Crippen molar-refractivity contribution in [2.75, 3.05) is 14.2 Å². The van der Waals surface area contributed by atoms with Crippen LogP contribution in [0.4, 0.5) is 0 Å². The van der Waals surface area contributed by atoms with E-state index in [0.29, 0.717) is 5.56 Å². The van der Waals surface area contributed by atoms with E-state index in [1.54, 1.807) is 30.3 Å². The Morgan fingerprint density at radius 2 is 1.92 bits per heavy atom. The number of hydrogen-bond donors (Lipinski definition) is 0. The van der Waals surface area contributed by atoms with E-state index in [4.69, 9.17) is 9.47 Å². The summed E-state index contributed by atoms with van der Waals surface area (Å²) in [7, 11) is 2.67. The fraction of sp³-hybridized carbons (Fsp3) is 0.167. The van der Waals surface area contributed by atoms with Gasteiger partial charge in [-0.15, -0.1) is 0 Å². The van der Waals surface area contributed by atoms with Crippen molar-refractivity contribution < 1.29 is 28.6 Å². The van der Waals surface area contributed by atoms with Gasteiger partial charge in [-0.25, -0.2) is 4.79 Å². The van der Waals surface area contributed by atoms with E-state index in [2.05, 4.69) is 4.74 Å². The van der Waals surface area contributed by atoms with E-state index >= 15 is 0 Å². The number of allylic oxidation sites excluding steroid dienone is 2. The lowest BCUT2D eigenvalue weighted by atomic mass is 10.1. The number of esters is 1. The van der Waals surface area contributed by atoms with Crippen LogP contribution in [0.3, 0.4) is 0 Å². The van der Waals surface area contributed by atoms with Crippen molar-refractivity contribution in [1.29, 1.82) is 0 Å². The van der Waals surface area contributed by atoms with Crippen LogP contribution in [-0.2, 0) is 23.8 Å². The minimum Gasteiger partial charge on any atom is -0.463 e. The van der Waals surface area contributed by atoms with Crippen molar-refractivity contribution in [3.05, 3.63) is 71.7 Å².